The topological polar surface area (TPSA) is 98.8 Å². The van der Waals surface area contributed by atoms with Crippen LogP contribution < -0.4 is 10.1 Å². The van der Waals surface area contributed by atoms with Crippen LogP contribution in [0.2, 0.25) is 0 Å². The van der Waals surface area contributed by atoms with Crippen molar-refractivity contribution in [3.05, 3.63) is 95.7 Å². The number of nitrogens with one attached hydrogen (secondary N) is 1. The van der Waals surface area contributed by atoms with Crippen molar-refractivity contribution in [2.45, 2.75) is 44.8 Å². The van der Waals surface area contributed by atoms with Crippen molar-refractivity contribution in [1.29, 1.82) is 0 Å². The molecule has 2 aliphatic heterocycles. The molecule has 1 aliphatic carbocycles. The van der Waals surface area contributed by atoms with Crippen LogP contribution in [0.1, 0.15) is 52.8 Å². The lowest BCUT2D eigenvalue weighted by Gasteiger charge is -2.22. The van der Waals surface area contributed by atoms with E-state index in [-0.39, 0.29) is 5.91 Å². The number of benzene rings is 1. The van der Waals surface area contributed by atoms with E-state index in [2.05, 4.69) is 26.3 Å². The molecule has 5 aromatic rings. The third-order valence-corrected chi connectivity index (χ3v) is 8.29. The number of imidazole rings is 1. The highest BCUT2D eigenvalue weighted by molar-refractivity contribution is 6.09. The molecule has 6 heterocycles. The molecule has 1 unspecified atom stereocenters. The monoisotopic (exact) mass is 561 g/mol. The zero-order valence-corrected chi connectivity index (χ0v) is 23.4. The minimum Gasteiger partial charge on any atom is -0.494 e. The first-order chi connectivity index (χ1) is 20.6. The third kappa shape index (κ3) is 4.52. The van der Waals surface area contributed by atoms with Gasteiger partial charge in [0.1, 0.15) is 36.1 Å². The summed E-state index contributed by atoms with van der Waals surface area (Å²) in [6.45, 7) is 4.87. The van der Waals surface area contributed by atoms with Crippen LogP contribution >= 0.6 is 0 Å². The number of likely N-dealkylation sites (tertiary alicyclic amines) is 1. The van der Waals surface area contributed by atoms with Gasteiger partial charge in [0.2, 0.25) is 0 Å². The van der Waals surface area contributed by atoms with Crippen LogP contribution in [-0.2, 0) is 11.3 Å². The lowest BCUT2D eigenvalue weighted by atomic mass is 10.1. The number of aromatic nitrogens is 5. The number of anilines is 1. The van der Waals surface area contributed by atoms with E-state index in [9.17, 15) is 4.79 Å². The summed E-state index contributed by atoms with van der Waals surface area (Å²) in [6.07, 6.45) is 8.82. The largest absolute Gasteiger partial charge is 0.494 e. The second-order valence-electron chi connectivity index (χ2n) is 11.3. The van der Waals surface area contributed by atoms with Crippen molar-refractivity contribution in [3.63, 3.8) is 0 Å². The maximum absolute atomic E-state index is 13.6. The molecule has 8 rings (SSSR count). The Bertz CT molecular complexity index is 1870. The molecule has 1 aromatic carbocycles. The zero-order valence-electron chi connectivity index (χ0n) is 23.4. The number of pyridine rings is 2. The van der Waals surface area contributed by atoms with Crippen LogP contribution in [0.25, 0.3) is 16.6 Å². The SMILES string of the molecule is Cc1cccc(Cn2nc(C3CC3)c3c(NC(=O)c4cnc5cc(OCCN6CC7CC6=CO7)ccn45)cccc32)n1. The minimum atomic E-state index is -0.224. The Morgan fingerprint density at radius 2 is 2.07 bits per heavy atom. The van der Waals surface area contributed by atoms with Crippen LogP contribution in [0.5, 0.6) is 5.75 Å². The van der Waals surface area contributed by atoms with Gasteiger partial charge in [-0.2, -0.15) is 5.10 Å². The average Bonchev–Trinajstić information content (AvgIpc) is 3.30. The molecule has 2 bridgehead atoms. The molecule has 3 aliphatic rings. The van der Waals surface area contributed by atoms with E-state index in [4.69, 9.17) is 14.6 Å². The highest BCUT2D eigenvalue weighted by Crippen LogP contribution is 2.44. The Labute approximate surface area is 242 Å². The molecular weight excluding hydrogens is 530 g/mol. The second kappa shape index (κ2) is 9.90. The summed E-state index contributed by atoms with van der Waals surface area (Å²) in [5, 5.41) is 9.17. The smallest absolute Gasteiger partial charge is 0.274 e. The predicted molar refractivity (Wildman–Crippen MR) is 158 cm³/mol. The molecule has 1 saturated carbocycles. The molecule has 42 heavy (non-hydrogen) atoms. The number of hydrogen-bond donors (Lipinski definition) is 1. The number of nitrogens with zero attached hydrogens (tertiary/aromatic N) is 6. The van der Waals surface area contributed by atoms with Crippen molar-refractivity contribution < 1.29 is 14.3 Å². The Balaban J connectivity index is 1.02. The number of ether oxygens (including phenoxy) is 2. The summed E-state index contributed by atoms with van der Waals surface area (Å²) in [4.78, 5) is 25.0. The fourth-order valence-electron chi connectivity index (χ4n) is 6.06. The first kappa shape index (κ1) is 24.9. The number of amides is 1. The van der Waals surface area contributed by atoms with Crippen LogP contribution in [0.3, 0.4) is 0 Å². The number of aryl methyl sites for hydroxylation is 1. The Morgan fingerprint density at radius 3 is 2.88 bits per heavy atom. The zero-order chi connectivity index (χ0) is 28.2. The van der Waals surface area contributed by atoms with Gasteiger partial charge in [0.15, 0.2) is 0 Å². The van der Waals surface area contributed by atoms with E-state index in [0.29, 0.717) is 36.5 Å². The van der Waals surface area contributed by atoms with E-state index in [1.54, 1.807) is 10.6 Å². The molecule has 4 aromatic heterocycles. The average molecular weight is 562 g/mol. The van der Waals surface area contributed by atoms with Gasteiger partial charge in [-0.25, -0.2) is 4.98 Å². The van der Waals surface area contributed by atoms with E-state index >= 15 is 0 Å². The normalized spacial score (nSPS) is 17.6. The molecule has 212 valence electrons. The molecule has 0 radical (unpaired) electrons. The van der Waals surface area contributed by atoms with Crippen LogP contribution in [-0.4, -0.2) is 60.8 Å². The highest BCUT2D eigenvalue weighted by Gasteiger charge is 2.32. The molecule has 2 fully saturated rings. The molecular formula is C32H31N7O3. The van der Waals surface area contributed by atoms with E-state index in [1.165, 1.54) is 5.70 Å². The van der Waals surface area contributed by atoms with E-state index < -0.39 is 0 Å². The first-order valence-corrected chi connectivity index (χ1v) is 14.5. The van der Waals surface area contributed by atoms with Crippen molar-refractivity contribution in [3.8, 4) is 5.75 Å². The maximum atomic E-state index is 13.6. The number of carbonyl (C=O) groups is 1. The van der Waals surface area contributed by atoms with Gasteiger partial charge in [0.25, 0.3) is 5.91 Å². The summed E-state index contributed by atoms with van der Waals surface area (Å²) >= 11 is 0. The van der Waals surface area contributed by atoms with Gasteiger partial charge >= 0.3 is 0 Å². The molecule has 0 spiro atoms. The number of fused-ring (bicyclic) bond motifs is 4. The lowest BCUT2D eigenvalue weighted by Crippen LogP contribution is -2.29. The second-order valence-corrected chi connectivity index (χ2v) is 11.3. The number of hydrogen-bond acceptors (Lipinski definition) is 7. The molecule has 10 nitrogen and oxygen atoms in total. The Morgan fingerprint density at radius 1 is 1.17 bits per heavy atom. The summed E-state index contributed by atoms with van der Waals surface area (Å²) < 4.78 is 15.3. The predicted octanol–water partition coefficient (Wildman–Crippen LogP) is 4.89. The fourth-order valence-corrected chi connectivity index (χ4v) is 6.06. The number of rotatable bonds is 9. The number of carbonyl (C=O) groups excluding carboxylic acids is 1. The Hall–Kier alpha value is -4.86. The molecule has 1 saturated heterocycles. The van der Waals surface area contributed by atoms with Crippen molar-refractivity contribution in [1.82, 2.24) is 29.0 Å². The summed E-state index contributed by atoms with van der Waals surface area (Å²) in [7, 11) is 0. The first-order valence-electron chi connectivity index (χ1n) is 14.5. The summed E-state index contributed by atoms with van der Waals surface area (Å²) in [6, 6.07) is 15.8. The van der Waals surface area contributed by atoms with Gasteiger partial charge in [-0.15, -0.1) is 0 Å². The van der Waals surface area contributed by atoms with Crippen molar-refractivity contribution >= 4 is 28.1 Å². The van der Waals surface area contributed by atoms with Crippen molar-refractivity contribution in [2.24, 2.45) is 0 Å². The van der Waals surface area contributed by atoms with Gasteiger partial charge in [0, 0.05) is 35.7 Å². The van der Waals surface area contributed by atoms with Crippen LogP contribution in [0.15, 0.2) is 72.9 Å². The Kier molecular flexibility index (Phi) is 5.87. The van der Waals surface area contributed by atoms with Gasteiger partial charge in [-0.05, 0) is 50.1 Å². The molecule has 1 amide bonds. The minimum absolute atomic E-state index is 0.224. The molecule has 1 atom stereocenters. The van der Waals surface area contributed by atoms with E-state index in [0.717, 1.165) is 71.8 Å². The fraction of sp³-hybridized carbons (Fsp3) is 0.312. The highest BCUT2D eigenvalue weighted by atomic mass is 16.5. The van der Waals surface area contributed by atoms with Gasteiger partial charge in [0.05, 0.1) is 54.1 Å². The van der Waals surface area contributed by atoms with Gasteiger partial charge < -0.3 is 19.7 Å². The molecule has 10 heteroatoms. The van der Waals surface area contributed by atoms with E-state index in [1.807, 2.05) is 66.5 Å². The van der Waals surface area contributed by atoms with Crippen LogP contribution in [0, 0.1) is 6.92 Å². The summed E-state index contributed by atoms with van der Waals surface area (Å²) in [5.74, 6) is 0.916. The quantitative estimate of drug-likeness (QED) is 0.274. The lowest BCUT2D eigenvalue weighted by molar-refractivity contribution is 0.102. The standard InChI is InChI=1S/C32H31N7O3/c1-20-4-2-5-22(34-20)17-39-27-7-3-6-26(30(27)31(36-39)21-8-9-21)35-32(40)28-16-33-29-15-24(10-11-38(28)29)41-13-12-37-18-25-14-23(37)19-42-25/h2-7,10-11,15-16,19,21,25H,8-9,12-14,17-18H2,1H3,(H,35,40). The summed E-state index contributed by atoms with van der Waals surface area (Å²) in [5.41, 5.74) is 7.09. The van der Waals surface area contributed by atoms with Gasteiger partial charge in [-0.3, -0.25) is 18.9 Å². The van der Waals surface area contributed by atoms with Gasteiger partial charge in [-0.1, -0.05) is 12.1 Å². The maximum Gasteiger partial charge on any atom is 0.274 e. The van der Waals surface area contributed by atoms with Crippen molar-refractivity contribution in [2.75, 3.05) is 25.0 Å². The molecule has 1 N–H and O–H groups in total. The van der Waals surface area contributed by atoms with Crippen LogP contribution in [0.4, 0.5) is 5.69 Å². The third-order valence-electron chi connectivity index (χ3n) is 8.29.